The molecule has 0 aliphatic heterocycles. The second-order valence-electron chi connectivity index (χ2n) is 7.13. The number of aliphatic hydroxyl groups is 1. The average Bonchev–Trinajstić information content (AvgIpc) is 3.16. The van der Waals surface area contributed by atoms with Gasteiger partial charge in [-0.2, -0.15) is 0 Å². The predicted molar refractivity (Wildman–Crippen MR) is 116 cm³/mol. The second-order valence-corrected chi connectivity index (χ2v) is 7.56. The average molecular weight is 445 g/mol. The van der Waals surface area contributed by atoms with Gasteiger partial charge in [-0.1, -0.05) is 23.7 Å². The van der Waals surface area contributed by atoms with E-state index in [0.717, 1.165) is 0 Å². The van der Waals surface area contributed by atoms with Crippen LogP contribution in [0.15, 0.2) is 48.7 Å². The number of halogens is 3. The number of rotatable bonds is 6. The normalized spacial score (nSPS) is 12.5. The predicted octanol–water partition coefficient (Wildman–Crippen LogP) is 5.38. The maximum Gasteiger partial charge on any atom is 0.263 e. The van der Waals surface area contributed by atoms with Crippen LogP contribution in [0.2, 0.25) is 5.02 Å². The highest BCUT2D eigenvalue weighted by atomic mass is 35.5. The minimum atomic E-state index is -2.61. The zero-order valence-electron chi connectivity index (χ0n) is 16.4. The van der Waals surface area contributed by atoms with E-state index in [9.17, 15) is 19.0 Å². The number of fused-ring (bicyclic) bond motifs is 1. The van der Waals surface area contributed by atoms with E-state index in [1.54, 1.807) is 37.3 Å². The van der Waals surface area contributed by atoms with Gasteiger partial charge in [0.15, 0.2) is 0 Å². The van der Waals surface area contributed by atoms with Crippen molar-refractivity contribution in [1.82, 2.24) is 15.0 Å². The Morgan fingerprint density at radius 1 is 1.16 bits per heavy atom. The number of hydrogen-bond acceptors (Lipinski definition) is 5. The van der Waals surface area contributed by atoms with Gasteiger partial charge in [0.05, 0.1) is 22.8 Å². The number of nitrogens with zero attached hydrogens (tertiary/aromatic N) is 2. The number of hydrogen-bond donors (Lipinski definition) is 4. The van der Waals surface area contributed by atoms with Crippen molar-refractivity contribution in [1.29, 1.82) is 0 Å². The molecule has 0 aliphatic carbocycles. The number of aliphatic hydroxyl groups excluding tert-OH is 1. The molecular formula is C22H19ClF2N4O2. The Balaban J connectivity index is 1.67. The van der Waals surface area contributed by atoms with Crippen molar-refractivity contribution in [2.75, 3.05) is 11.9 Å². The number of aromatic nitrogens is 3. The van der Waals surface area contributed by atoms with E-state index in [2.05, 4.69) is 20.3 Å². The van der Waals surface area contributed by atoms with E-state index in [-0.39, 0.29) is 29.4 Å². The van der Waals surface area contributed by atoms with Crippen molar-refractivity contribution in [3.63, 3.8) is 0 Å². The zero-order valence-corrected chi connectivity index (χ0v) is 17.2. The summed E-state index contributed by atoms with van der Waals surface area (Å²) in [6.07, 6.45) is -2.05. The molecule has 0 saturated carbocycles. The largest absolute Gasteiger partial charge is 0.493 e. The molecule has 0 aliphatic rings. The molecule has 4 rings (SSSR count). The number of alkyl halides is 2. The molecule has 6 nitrogen and oxygen atoms in total. The fourth-order valence-electron chi connectivity index (χ4n) is 3.43. The van der Waals surface area contributed by atoms with Gasteiger partial charge in [-0.05, 0) is 48.4 Å². The first-order chi connectivity index (χ1) is 14.8. The summed E-state index contributed by atoms with van der Waals surface area (Å²) in [5.74, 6) is -0.0112. The van der Waals surface area contributed by atoms with E-state index >= 15 is 0 Å². The molecule has 0 fully saturated rings. The molecule has 0 spiro atoms. The number of aromatic amines is 1. The highest BCUT2D eigenvalue weighted by Gasteiger charge is 2.19. The second kappa shape index (κ2) is 8.49. The summed E-state index contributed by atoms with van der Waals surface area (Å²) in [5, 5.41) is 24.5. The lowest BCUT2D eigenvalue weighted by molar-refractivity contribution is 0.151. The van der Waals surface area contributed by atoms with Crippen LogP contribution >= 0.6 is 11.6 Å². The van der Waals surface area contributed by atoms with Crippen molar-refractivity contribution in [2.45, 2.75) is 19.5 Å². The molecule has 0 bridgehead atoms. The molecule has 0 unspecified atom stereocenters. The van der Waals surface area contributed by atoms with Crippen molar-refractivity contribution in [2.24, 2.45) is 0 Å². The van der Waals surface area contributed by atoms with Crippen LogP contribution in [0.3, 0.4) is 0 Å². The fraction of sp³-hybridized carbons (Fsp3) is 0.182. The van der Waals surface area contributed by atoms with Crippen molar-refractivity contribution in [3.8, 4) is 17.3 Å². The van der Waals surface area contributed by atoms with Crippen LogP contribution in [-0.2, 0) is 0 Å². The van der Waals surface area contributed by atoms with Gasteiger partial charge in [-0.25, -0.2) is 18.7 Å². The van der Waals surface area contributed by atoms with Gasteiger partial charge in [-0.15, -0.1) is 0 Å². The first-order valence-corrected chi connectivity index (χ1v) is 9.85. The van der Waals surface area contributed by atoms with Crippen LogP contribution in [0.25, 0.3) is 22.4 Å². The molecule has 9 heteroatoms. The van der Waals surface area contributed by atoms with Crippen LogP contribution in [0.1, 0.15) is 29.2 Å². The highest BCUT2D eigenvalue weighted by molar-refractivity contribution is 6.30. The number of benzene rings is 2. The summed E-state index contributed by atoms with van der Waals surface area (Å²) >= 11 is 5.98. The van der Waals surface area contributed by atoms with E-state index in [0.29, 0.717) is 32.9 Å². The van der Waals surface area contributed by atoms with Crippen LogP contribution in [0.4, 0.5) is 14.5 Å². The van der Waals surface area contributed by atoms with E-state index in [1.165, 1.54) is 18.3 Å². The lowest BCUT2D eigenvalue weighted by Crippen LogP contribution is -2.13. The molecular weight excluding hydrogens is 426 g/mol. The summed E-state index contributed by atoms with van der Waals surface area (Å²) in [4.78, 5) is 11.4. The minimum absolute atomic E-state index is 0.124. The molecule has 160 valence electrons. The van der Waals surface area contributed by atoms with Crippen LogP contribution < -0.4 is 5.32 Å². The quantitative estimate of drug-likeness (QED) is 0.320. The van der Waals surface area contributed by atoms with Crippen molar-refractivity contribution < 1.29 is 19.0 Å². The molecule has 2 aromatic heterocycles. The number of H-pyrrole nitrogens is 1. The maximum absolute atomic E-state index is 13.1. The number of pyridine rings is 1. The number of imidazole rings is 1. The van der Waals surface area contributed by atoms with E-state index < -0.39 is 12.5 Å². The van der Waals surface area contributed by atoms with Gasteiger partial charge in [0.25, 0.3) is 6.43 Å². The first-order valence-electron chi connectivity index (χ1n) is 9.47. The van der Waals surface area contributed by atoms with Crippen molar-refractivity contribution >= 4 is 28.3 Å². The third-order valence-electron chi connectivity index (χ3n) is 4.95. The van der Waals surface area contributed by atoms with Crippen molar-refractivity contribution in [3.05, 3.63) is 70.4 Å². The molecule has 4 N–H and O–H groups in total. The van der Waals surface area contributed by atoms with Crippen LogP contribution in [0.5, 0.6) is 5.88 Å². The Morgan fingerprint density at radius 3 is 2.71 bits per heavy atom. The lowest BCUT2D eigenvalue weighted by atomic mass is 10.1. The number of anilines is 1. The summed E-state index contributed by atoms with van der Waals surface area (Å²) < 4.78 is 26.3. The Bertz CT molecular complexity index is 1250. The molecule has 2 aromatic carbocycles. The summed E-state index contributed by atoms with van der Waals surface area (Å²) in [6, 6.07) is 11.2. The molecule has 1 atom stereocenters. The summed E-state index contributed by atoms with van der Waals surface area (Å²) in [6.45, 7) is 1.84. The first kappa shape index (κ1) is 21.0. The third-order valence-corrected chi connectivity index (χ3v) is 5.19. The molecule has 4 aromatic rings. The Labute approximate surface area is 181 Å². The van der Waals surface area contributed by atoms with E-state index in [4.69, 9.17) is 11.6 Å². The maximum atomic E-state index is 13.1. The molecule has 0 radical (unpaired) electrons. The highest BCUT2D eigenvalue weighted by Crippen LogP contribution is 2.35. The Hall–Kier alpha value is -3.23. The van der Waals surface area contributed by atoms with Gasteiger partial charge in [0.1, 0.15) is 11.4 Å². The number of aromatic hydroxyl groups is 1. The van der Waals surface area contributed by atoms with Gasteiger partial charge < -0.3 is 20.5 Å². The smallest absolute Gasteiger partial charge is 0.263 e. The van der Waals surface area contributed by atoms with Gasteiger partial charge in [0.2, 0.25) is 5.88 Å². The van der Waals surface area contributed by atoms with Crippen LogP contribution in [-0.4, -0.2) is 31.7 Å². The van der Waals surface area contributed by atoms with Gasteiger partial charge in [-0.3, -0.25) is 0 Å². The standard InChI is InChI=1S/C22H19ClF2N4O2/c1-11-7-13(20(24)25)9-16-19(11)29-21(28-16)18-15(5-6-26-22(18)31)27-10-17(30)12-3-2-4-14(23)8-12/h2-9,17,20,30H,10H2,1H3,(H,28,29)(H2,26,27,31)/t17-/m0/s1. The minimum Gasteiger partial charge on any atom is -0.493 e. The lowest BCUT2D eigenvalue weighted by Gasteiger charge is -2.15. The SMILES string of the molecule is Cc1cc(C(F)F)cc2nc(-c3c(NC[C@H](O)c4cccc(Cl)c4)ccnc3O)[nH]c12. The number of nitrogens with one attached hydrogen (secondary N) is 2. The number of aryl methyl sites for hydroxylation is 1. The molecule has 2 heterocycles. The third kappa shape index (κ3) is 4.30. The van der Waals surface area contributed by atoms with Gasteiger partial charge >= 0.3 is 0 Å². The van der Waals surface area contributed by atoms with Gasteiger partial charge in [0, 0.05) is 23.3 Å². The fourth-order valence-corrected chi connectivity index (χ4v) is 3.63. The molecule has 31 heavy (non-hydrogen) atoms. The Kier molecular flexibility index (Phi) is 5.75. The monoisotopic (exact) mass is 444 g/mol. The summed E-state index contributed by atoms with van der Waals surface area (Å²) in [7, 11) is 0. The molecule has 0 saturated heterocycles. The topological polar surface area (TPSA) is 94.1 Å². The van der Waals surface area contributed by atoms with E-state index in [1.807, 2.05) is 0 Å². The summed E-state index contributed by atoms with van der Waals surface area (Å²) in [5.41, 5.74) is 2.82. The van der Waals surface area contributed by atoms with Crippen LogP contribution in [0, 0.1) is 6.92 Å². The zero-order chi connectivity index (χ0) is 22.1. The molecule has 0 amide bonds. The Morgan fingerprint density at radius 2 is 1.97 bits per heavy atom.